The van der Waals surface area contributed by atoms with Gasteiger partial charge in [-0.3, -0.25) is 14.5 Å². The zero-order valence-corrected chi connectivity index (χ0v) is 13.8. The number of ketones is 1. The molecule has 1 aromatic carbocycles. The van der Waals surface area contributed by atoms with Gasteiger partial charge in [0.05, 0.1) is 24.7 Å². The number of ether oxygens (including phenoxy) is 1. The summed E-state index contributed by atoms with van der Waals surface area (Å²) in [5, 5.41) is 12.0. The van der Waals surface area contributed by atoms with Gasteiger partial charge in [-0.2, -0.15) is 0 Å². The minimum absolute atomic E-state index is 0.0199. The van der Waals surface area contributed by atoms with Crippen LogP contribution in [0.15, 0.2) is 18.2 Å². The number of nitrogens with one attached hydrogen (secondary N) is 1. The number of carboxylic acids is 1. The maximum atomic E-state index is 12.6. The Bertz CT molecular complexity index is 588. The number of benzene rings is 1. The number of aliphatic carboxylic acids is 1. The van der Waals surface area contributed by atoms with Gasteiger partial charge in [-0.15, -0.1) is 0 Å². The third-order valence-electron chi connectivity index (χ3n) is 4.25. The van der Waals surface area contributed by atoms with E-state index < -0.39 is 5.97 Å². The molecule has 1 aromatic rings. The van der Waals surface area contributed by atoms with Crippen molar-refractivity contribution in [2.75, 3.05) is 25.5 Å². The molecule has 0 aromatic heterocycles. The van der Waals surface area contributed by atoms with Gasteiger partial charge in [0.1, 0.15) is 11.9 Å². The Labute approximate surface area is 136 Å². The quantitative estimate of drug-likeness (QED) is 0.750. The van der Waals surface area contributed by atoms with Crippen LogP contribution in [-0.4, -0.2) is 54.0 Å². The van der Waals surface area contributed by atoms with E-state index in [0.717, 1.165) is 24.4 Å². The fourth-order valence-electron chi connectivity index (χ4n) is 2.50. The lowest BCUT2D eigenvalue weighted by atomic mass is 10.0. The Morgan fingerprint density at radius 1 is 1.48 bits per heavy atom. The standard InChI is InChI=1S/C17H24N2O4/c1-4-13-10-18-14-9-12(5-6-15(14)23-13)17(22)11(2)19(3)8-7-16(20)21/h5-6,9,11,13,18H,4,7-8,10H2,1-3H3,(H,20,21). The Morgan fingerprint density at radius 3 is 2.87 bits per heavy atom. The highest BCUT2D eigenvalue weighted by Crippen LogP contribution is 2.31. The summed E-state index contributed by atoms with van der Waals surface area (Å²) in [6.07, 6.45) is 1.11. The second-order valence-electron chi connectivity index (χ2n) is 5.90. The van der Waals surface area contributed by atoms with Gasteiger partial charge in [-0.1, -0.05) is 6.92 Å². The number of rotatable bonds is 7. The van der Waals surface area contributed by atoms with Crippen molar-refractivity contribution in [1.29, 1.82) is 0 Å². The van der Waals surface area contributed by atoms with Crippen LogP contribution < -0.4 is 10.1 Å². The maximum absolute atomic E-state index is 12.6. The monoisotopic (exact) mass is 320 g/mol. The molecule has 6 heteroatoms. The fraction of sp³-hybridized carbons (Fsp3) is 0.529. The molecule has 23 heavy (non-hydrogen) atoms. The number of carboxylic acid groups (broad SMARTS) is 1. The van der Waals surface area contributed by atoms with Crippen LogP contribution in [0.25, 0.3) is 0 Å². The van der Waals surface area contributed by atoms with E-state index in [-0.39, 0.29) is 24.3 Å². The van der Waals surface area contributed by atoms with E-state index in [1.165, 1.54) is 0 Å². The summed E-state index contributed by atoms with van der Waals surface area (Å²) in [6, 6.07) is 5.02. The minimum Gasteiger partial charge on any atom is -0.486 e. The number of fused-ring (bicyclic) bond motifs is 1. The molecule has 0 saturated heterocycles. The molecular weight excluding hydrogens is 296 g/mol. The number of carbonyl (C=O) groups excluding carboxylic acids is 1. The van der Waals surface area contributed by atoms with E-state index in [2.05, 4.69) is 12.2 Å². The van der Waals surface area contributed by atoms with Gasteiger partial charge >= 0.3 is 5.97 Å². The number of anilines is 1. The highest BCUT2D eigenvalue weighted by atomic mass is 16.5. The van der Waals surface area contributed by atoms with E-state index in [9.17, 15) is 9.59 Å². The lowest BCUT2D eigenvalue weighted by molar-refractivity contribution is -0.137. The molecule has 2 N–H and O–H groups in total. The van der Waals surface area contributed by atoms with Gasteiger partial charge in [-0.25, -0.2) is 0 Å². The van der Waals surface area contributed by atoms with Crippen molar-refractivity contribution in [3.05, 3.63) is 23.8 Å². The number of hydrogen-bond donors (Lipinski definition) is 2. The molecule has 0 bridgehead atoms. The van der Waals surface area contributed by atoms with E-state index in [4.69, 9.17) is 9.84 Å². The summed E-state index contributed by atoms with van der Waals surface area (Å²) in [5.41, 5.74) is 1.44. The van der Waals surface area contributed by atoms with Crippen molar-refractivity contribution in [3.8, 4) is 5.75 Å². The summed E-state index contributed by atoms with van der Waals surface area (Å²) in [4.78, 5) is 25.0. The van der Waals surface area contributed by atoms with Crippen LogP contribution in [-0.2, 0) is 4.79 Å². The summed E-state index contributed by atoms with van der Waals surface area (Å²) in [6.45, 7) is 4.94. The van der Waals surface area contributed by atoms with Gasteiger partial charge in [0.25, 0.3) is 0 Å². The van der Waals surface area contributed by atoms with Gasteiger partial charge < -0.3 is 15.2 Å². The van der Waals surface area contributed by atoms with Gasteiger partial charge in [0, 0.05) is 12.1 Å². The van der Waals surface area contributed by atoms with E-state index in [1.54, 1.807) is 24.9 Å². The van der Waals surface area contributed by atoms with Crippen molar-refractivity contribution >= 4 is 17.4 Å². The highest BCUT2D eigenvalue weighted by molar-refractivity contribution is 6.01. The lowest BCUT2D eigenvalue weighted by Crippen LogP contribution is -2.37. The van der Waals surface area contributed by atoms with Crippen LogP contribution in [0, 0.1) is 0 Å². The molecule has 1 heterocycles. The summed E-state index contributed by atoms with van der Waals surface area (Å²) >= 11 is 0. The second kappa shape index (κ2) is 7.46. The molecule has 0 aliphatic carbocycles. The summed E-state index contributed by atoms with van der Waals surface area (Å²) in [7, 11) is 1.76. The predicted molar refractivity (Wildman–Crippen MR) is 88.3 cm³/mol. The van der Waals surface area contributed by atoms with Crippen molar-refractivity contribution < 1.29 is 19.4 Å². The average Bonchev–Trinajstić information content (AvgIpc) is 2.57. The molecule has 0 spiro atoms. The third kappa shape index (κ3) is 4.22. The fourth-order valence-corrected chi connectivity index (χ4v) is 2.50. The lowest BCUT2D eigenvalue weighted by Gasteiger charge is -2.27. The van der Waals surface area contributed by atoms with Gasteiger partial charge in [0.2, 0.25) is 0 Å². The first-order valence-electron chi connectivity index (χ1n) is 7.93. The molecule has 126 valence electrons. The van der Waals surface area contributed by atoms with Crippen molar-refractivity contribution in [1.82, 2.24) is 4.90 Å². The Balaban J connectivity index is 2.06. The van der Waals surface area contributed by atoms with Crippen LogP contribution in [0.1, 0.15) is 37.0 Å². The van der Waals surface area contributed by atoms with Crippen LogP contribution >= 0.6 is 0 Å². The molecule has 2 atom stereocenters. The van der Waals surface area contributed by atoms with Gasteiger partial charge in [-0.05, 0) is 38.6 Å². The smallest absolute Gasteiger partial charge is 0.304 e. The molecule has 2 unspecified atom stereocenters. The van der Waals surface area contributed by atoms with Crippen molar-refractivity contribution in [2.45, 2.75) is 38.8 Å². The Kier molecular flexibility index (Phi) is 5.60. The number of carbonyl (C=O) groups is 2. The first-order valence-corrected chi connectivity index (χ1v) is 7.93. The summed E-state index contributed by atoms with van der Waals surface area (Å²) in [5.74, 6) is -0.122. The highest BCUT2D eigenvalue weighted by Gasteiger charge is 2.23. The molecule has 1 aliphatic heterocycles. The van der Waals surface area contributed by atoms with Crippen LogP contribution in [0.3, 0.4) is 0 Å². The van der Waals surface area contributed by atoms with E-state index in [1.807, 2.05) is 12.1 Å². The number of likely N-dealkylation sites (N-methyl/N-ethyl adjacent to an activating group) is 1. The zero-order chi connectivity index (χ0) is 17.0. The molecule has 1 aliphatic rings. The van der Waals surface area contributed by atoms with Crippen molar-refractivity contribution in [3.63, 3.8) is 0 Å². The minimum atomic E-state index is -0.864. The number of Topliss-reactive ketones (excluding diaryl/α,β-unsaturated/α-hetero) is 1. The van der Waals surface area contributed by atoms with Crippen LogP contribution in [0.4, 0.5) is 5.69 Å². The topological polar surface area (TPSA) is 78.9 Å². The zero-order valence-electron chi connectivity index (χ0n) is 13.8. The Morgan fingerprint density at radius 2 is 2.22 bits per heavy atom. The normalized spacial score (nSPS) is 17.8. The van der Waals surface area contributed by atoms with E-state index >= 15 is 0 Å². The molecule has 0 radical (unpaired) electrons. The first-order chi connectivity index (χ1) is 10.9. The third-order valence-corrected chi connectivity index (χ3v) is 4.25. The number of hydrogen-bond acceptors (Lipinski definition) is 5. The SMILES string of the molecule is CCC1CNc2cc(C(=O)C(C)N(C)CCC(=O)O)ccc2O1. The molecule has 0 amide bonds. The molecule has 0 saturated carbocycles. The van der Waals surface area contributed by atoms with Crippen LogP contribution in [0.2, 0.25) is 0 Å². The molecule has 0 fully saturated rings. The Hall–Kier alpha value is -2.08. The largest absolute Gasteiger partial charge is 0.486 e. The van der Waals surface area contributed by atoms with E-state index in [0.29, 0.717) is 12.1 Å². The second-order valence-corrected chi connectivity index (χ2v) is 5.90. The van der Waals surface area contributed by atoms with Crippen molar-refractivity contribution in [2.24, 2.45) is 0 Å². The van der Waals surface area contributed by atoms with Gasteiger partial charge in [0.15, 0.2) is 5.78 Å². The first kappa shape index (κ1) is 17.3. The molecule has 6 nitrogen and oxygen atoms in total. The average molecular weight is 320 g/mol. The molecule has 2 rings (SSSR count). The summed E-state index contributed by atoms with van der Waals surface area (Å²) < 4.78 is 5.84. The van der Waals surface area contributed by atoms with Crippen LogP contribution in [0.5, 0.6) is 5.75 Å². The molecular formula is C17H24N2O4. The maximum Gasteiger partial charge on any atom is 0.304 e. The number of nitrogens with zero attached hydrogens (tertiary/aromatic N) is 1. The predicted octanol–water partition coefficient (Wildman–Crippen LogP) is 2.25.